The van der Waals surface area contributed by atoms with Crippen molar-refractivity contribution in [3.05, 3.63) is 0 Å². The van der Waals surface area contributed by atoms with E-state index in [-0.39, 0.29) is 5.41 Å². The van der Waals surface area contributed by atoms with Gasteiger partial charge in [-0.25, -0.2) is 0 Å². The van der Waals surface area contributed by atoms with E-state index in [1.165, 1.54) is 32.1 Å². The minimum atomic E-state index is 0.179. The van der Waals surface area contributed by atoms with Crippen LogP contribution in [0.1, 0.15) is 45.4 Å². The van der Waals surface area contributed by atoms with Gasteiger partial charge in [0.15, 0.2) is 0 Å². The molecular formula is C10H16O. The summed E-state index contributed by atoms with van der Waals surface area (Å²) >= 11 is 0. The van der Waals surface area contributed by atoms with Crippen molar-refractivity contribution in [3.8, 4) is 0 Å². The molecule has 2 fully saturated rings. The van der Waals surface area contributed by atoms with Gasteiger partial charge in [-0.2, -0.15) is 0 Å². The Balaban J connectivity index is 2.15. The summed E-state index contributed by atoms with van der Waals surface area (Å²) in [5, 5.41) is 0. The van der Waals surface area contributed by atoms with Crippen molar-refractivity contribution in [2.45, 2.75) is 45.4 Å². The fraction of sp³-hybridized carbons (Fsp3) is 0.900. The second-order valence-electron chi connectivity index (χ2n) is 4.23. The summed E-state index contributed by atoms with van der Waals surface area (Å²) in [6.07, 6.45) is 7.16. The van der Waals surface area contributed by atoms with E-state index in [1.54, 1.807) is 0 Å². The maximum absolute atomic E-state index is 11.4. The number of Topliss-reactive ketones (excluding diaryl/α,β-unsaturated/α-hetero) is 1. The summed E-state index contributed by atoms with van der Waals surface area (Å²) in [6.45, 7) is 2.26. The van der Waals surface area contributed by atoms with Crippen LogP contribution in [-0.4, -0.2) is 5.78 Å². The highest BCUT2D eigenvalue weighted by atomic mass is 16.1. The van der Waals surface area contributed by atoms with Gasteiger partial charge in [0.05, 0.1) is 0 Å². The maximum atomic E-state index is 11.4. The summed E-state index contributed by atoms with van der Waals surface area (Å²) in [7, 11) is 0. The average Bonchev–Trinajstić information content (AvgIpc) is 2.03. The quantitative estimate of drug-likeness (QED) is 0.521. The third-order valence-electron chi connectivity index (χ3n) is 3.81. The Bertz CT molecular complexity index is 185. The summed E-state index contributed by atoms with van der Waals surface area (Å²) in [4.78, 5) is 11.4. The smallest absolute Gasteiger partial charge is 0.139 e. The molecule has 2 aliphatic rings. The fourth-order valence-corrected chi connectivity index (χ4v) is 2.75. The first kappa shape index (κ1) is 7.33. The first-order valence-electron chi connectivity index (χ1n) is 4.79. The predicted molar refractivity (Wildman–Crippen MR) is 44.3 cm³/mol. The number of hydrogen-bond donors (Lipinski definition) is 0. The molecular weight excluding hydrogens is 136 g/mol. The summed E-state index contributed by atoms with van der Waals surface area (Å²) in [5.74, 6) is 1.24. The molecule has 0 aromatic heterocycles. The molecule has 2 saturated carbocycles. The van der Waals surface area contributed by atoms with Crippen LogP contribution in [0.5, 0.6) is 0 Å². The van der Waals surface area contributed by atoms with Crippen LogP contribution in [0.25, 0.3) is 0 Å². The van der Waals surface area contributed by atoms with E-state index in [4.69, 9.17) is 0 Å². The fourth-order valence-electron chi connectivity index (χ4n) is 2.75. The lowest BCUT2D eigenvalue weighted by atomic mass is 9.55. The van der Waals surface area contributed by atoms with Crippen molar-refractivity contribution in [1.29, 1.82) is 0 Å². The minimum absolute atomic E-state index is 0.179. The Hall–Kier alpha value is -0.330. The molecule has 11 heavy (non-hydrogen) atoms. The predicted octanol–water partition coefficient (Wildman–Crippen LogP) is 2.55. The van der Waals surface area contributed by atoms with E-state index in [9.17, 15) is 4.79 Å². The molecule has 0 bridgehead atoms. The normalized spacial score (nSPS) is 44.1. The number of carbonyl (C=O) groups is 1. The molecule has 0 saturated heterocycles. The molecule has 0 amide bonds. The third-order valence-corrected chi connectivity index (χ3v) is 3.81. The zero-order valence-corrected chi connectivity index (χ0v) is 7.23. The summed E-state index contributed by atoms with van der Waals surface area (Å²) in [5.41, 5.74) is 0.179. The van der Waals surface area contributed by atoms with Crippen molar-refractivity contribution >= 4 is 5.78 Å². The molecule has 0 aliphatic heterocycles. The van der Waals surface area contributed by atoms with Crippen molar-refractivity contribution in [3.63, 3.8) is 0 Å². The minimum Gasteiger partial charge on any atom is -0.299 e. The topological polar surface area (TPSA) is 17.1 Å². The van der Waals surface area contributed by atoms with Gasteiger partial charge in [0.2, 0.25) is 0 Å². The number of hydrogen-bond acceptors (Lipinski definition) is 1. The van der Waals surface area contributed by atoms with E-state index >= 15 is 0 Å². The second kappa shape index (κ2) is 2.33. The molecule has 1 spiro atoms. The van der Waals surface area contributed by atoms with Gasteiger partial charge in [-0.3, -0.25) is 4.79 Å². The molecule has 0 heterocycles. The molecule has 2 rings (SSSR count). The Kier molecular flexibility index (Phi) is 1.55. The van der Waals surface area contributed by atoms with Crippen LogP contribution >= 0.6 is 0 Å². The van der Waals surface area contributed by atoms with Crippen LogP contribution in [0.3, 0.4) is 0 Å². The summed E-state index contributed by atoms with van der Waals surface area (Å²) in [6, 6.07) is 0. The lowest BCUT2D eigenvalue weighted by Crippen LogP contribution is -2.47. The molecule has 0 aromatic carbocycles. The van der Waals surface area contributed by atoms with Crippen LogP contribution in [0, 0.1) is 11.3 Å². The van der Waals surface area contributed by atoms with Crippen molar-refractivity contribution in [1.82, 2.24) is 0 Å². The van der Waals surface area contributed by atoms with Crippen LogP contribution in [0.4, 0.5) is 0 Å². The lowest BCUT2D eigenvalue weighted by Gasteiger charge is -2.47. The van der Waals surface area contributed by atoms with Gasteiger partial charge < -0.3 is 0 Å². The Labute approximate surface area is 68.2 Å². The largest absolute Gasteiger partial charge is 0.299 e. The van der Waals surface area contributed by atoms with Gasteiger partial charge in [-0.15, -0.1) is 0 Å². The van der Waals surface area contributed by atoms with E-state index in [1.807, 2.05) is 0 Å². The van der Waals surface area contributed by atoms with Crippen LogP contribution in [0.2, 0.25) is 0 Å². The zero-order valence-electron chi connectivity index (χ0n) is 7.23. The van der Waals surface area contributed by atoms with Gasteiger partial charge in [0.25, 0.3) is 0 Å². The van der Waals surface area contributed by atoms with Crippen molar-refractivity contribution in [2.24, 2.45) is 11.3 Å². The van der Waals surface area contributed by atoms with E-state index < -0.39 is 0 Å². The maximum Gasteiger partial charge on any atom is 0.139 e. The van der Waals surface area contributed by atoms with E-state index in [2.05, 4.69) is 6.92 Å². The highest BCUT2D eigenvalue weighted by molar-refractivity contribution is 5.90. The standard InChI is InChI=1S/C10H16O/c1-8-4-2-3-6-10(8)7-5-9(10)11/h8H,2-7H2,1H3/t8-,10+/m0/s1. The lowest BCUT2D eigenvalue weighted by molar-refractivity contribution is -0.145. The van der Waals surface area contributed by atoms with Crippen molar-refractivity contribution < 1.29 is 4.79 Å². The van der Waals surface area contributed by atoms with Gasteiger partial charge in [-0.05, 0) is 25.2 Å². The Morgan fingerprint density at radius 2 is 2.18 bits per heavy atom. The first-order valence-corrected chi connectivity index (χ1v) is 4.79. The number of rotatable bonds is 0. The van der Waals surface area contributed by atoms with Crippen LogP contribution in [0.15, 0.2) is 0 Å². The molecule has 2 atom stereocenters. The van der Waals surface area contributed by atoms with Crippen LogP contribution in [-0.2, 0) is 4.79 Å². The number of ketones is 1. The molecule has 62 valence electrons. The Morgan fingerprint density at radius 3 is 2.55 bits per heavy atom. The molecule has 1 heteroatoms. The van der Waals surface area contributed by atoms with Gasteiger partial charge in [0.1, 0.15) is 5.78 Å². The molecule has 2 aliphatic carbocycles. The Morgan fingerprint density at radius 1 is 1.36 bits per heavy atom. The van der Waals surface area contributed by atoms with Gasteiger partial charge in [-0.1, -0.05) is 19.8 Å². The second-order valence-corrected chi connectivity index (χ2v) is 4.23. The van der Waals surface area contributed by atoms with E-state index in [0.717, 1.165) is 6.42 Å². The molecule has 0 aromatic rings. The summed E-state index contributed by atoms with van der Waals surface area (Å²) < 4.78 is 0. The number of carbonyl (C=O) groups excluding carboxylic acids is 1. The molecule has 1 nitrogen and oxygen atoms in total. The van der Waals surface area contributed by atoms with Gasteiger partial charge in [0, 0.05) is 11.8 Å². The highest BCUT2D eigenvalue weighted by Crippen LogP contribution is 2.52. The monoisotopic (exact) mass is 152 g/mol. The molecule has 0 N–H and O–H groups in total. The average molecular weight is 152 g/mol. The highest BCUT2D eigenvalue weighted by Gasteiger charge is 2.50. The third kappa shape index (κ3) is 0.863. The van der Waals surface area contributed by atoms with Crippen molar-refractivity contribution in [2.75, 3.05) is 0 Å². The first-order chi connectivity index (χ1) is 5.26. The zero-order chi connectivity index (χ0) is 7.90. The van der Waals surface area contributed by atoms with Gasteiger partial charge >= 0.3 is 0 Å². The molecule has 0 radical (unpaired) electrons. The SMILES string of the molecule is C[C@H]1CCCC[C@@]12CCC2=O. The van der Waals surface area contributed by atoms with E-state index in [0.29, 0.717) is 11.7 Å². The van der Waals surface area contributed by atoms with Crippen LogP contribution < -0.4 is 0 Å². The molecule has 0 unspecified atom stereocenters.